The maximum absolute atomic E-state index is 13.4. The summed E-state index contributed by atoms with van der Waals surface area (Å²) in [5.41, 5.74) is 3.67. The third-order valence-electron chi connectivity index (χ3n) is 4.69. The summed E-state index contributed by atoms with van der Waals surface area (Å²) < 4.78 is 18.8. The van der Waals surface area contributed by atoms with E-state index in [0.717, 1.165) is 16.5 Å². The van der Waals surface area contributed by atoms with Gasteiger partial charge in [0, 0.05) is 17.0 Å². The molecule has 2 aromatic carbocycles. The van der Waals surface area contributed by atoms with Crippen LogP contribution >= 0.6 is 0 Å². The zero-order valence-corrected chi connectivity index (χ0v) is 15.8. The second kappa shape index (κ2) is 6.99. The summed E-state index contributed by atoms with van der Waals surface area (Å²) in [7, 11) is 0. The van der Waals surface area contributed by atoms with Crippen LogP contribution < -0.4 is 5.63 Å². The van der Waals surface area contributed by atoms with E-state index < -0.39 is 5.63 Å². The van der Waals surface area contributed by atoms with E-state index in [9.17, 15) is 9.18 Å². The minimum Gasteiger partial charge on any atom is -0.423 e. The van der Waals surface area contributed by atoms with Crippen LogP contribution in [-0.4, -0.2) is 20.2 Å². The van der Waals surface area contributed by atoms with Gasteiger partial charge in [0.25, 0.3) is 0 Å². The summed E-state index contributed by atoms with van der Waals surface area (Å²) in [6.45, 7) is 6.51. The molecule has 4 rings (SSSR count). The molecule has 0 spiro atoms. The molecule has 0 saturated heterocycles. The molecule has 6 nitrogen and oxygen atoms in total. The molecule has 0 N–H and O–H groups in total. The highest BCUT2D eigenvalue weighted by molar-refractivity contribution is 5.82. The number of benzene rings is 2. The van der Waals surface area contributed by atoms with Crippen LogP contribution in [0.4, 0.5) is 4.39 Å². The Morgan fingerprint density at radius 1 is 1.18 bits per heavy atom. The highest BCUT2D eigenvalue weighted by atomic mass is 19.1. The summed E-state index contributed by atoms with van der Waals surface area (Å²) in [6, 6.07) is 11.4. The Morgan fingerprint density at radius 3 is 2.75 bits per heavy atom. The van der Waals surface area contributed by atoms with Crippen molar-refractivity contribution in [2.75, 3.05) is 0 Å². The molecule has 7 heteroatoms. The number of hydrogen-bond acceptors (Lipinski definition) is 5. The zero-order valence-electron chi connectivity index (χ0n) is 15.8. The van der Waals surface area contributed by atoms with Gasteiger partial charge < -0.3 is 4.42 Å². The number of nitrogens with zero attached hydrogens (tertiary/aromatic N) is 4. The molecule has 28 heavy (non-hydrogen) atoms. The van der Waals surface area contributed by atoms with Crippen molar-refractivity contribution >= 4 is 11.0 Å². The van der Waals surface area contributed by atoms with Gasteiger partial charge in [0.2, 0.25) is 5.82 Å². The molecule has 0 fully saturated rings. The first kappa shape index (κ1) is 18.0. The van der Waals surface area contributed by atoms with Gasteiger partial charge in [0.1, 0.15) is 11.4 Å². The lowest BCUT2D eigenvalue weighted by molar-refractivity contribution is 0.545. The number of tetrazole rings is 1. The third-order valence-corrected chi connectivity index (χ3v) is 4.69. The summed E-state index contributed by atoms with van der Waals surface area (Å²) in [5, 5.41) is 13.2. The molecular weight excluding hydrogens is 359 g/mol. The van der Waals surface area contributed by atoms with E-state index in [-0.39, 0.29) is 12.4 Å². The highest BCUT2D eigenvalue weighted by Gasteiger charge is 2.13. The van der Waals surface area contributed by atoms with Gasteiger partial charge in [-0.25, -0.2) is 9.18 Å². The van der Waals surface area contributed by atoms with E-state index in [1.54, 1.807) is 12.1 Å². The minimum atomic E-state index is -0.426. The Labute approximate surface area is 160 Å². The SMILES string of the molecule is Cc1cc2oc(=O)cc(Cn3nnc(-c4cccc(F)c4)n3)c2cc1C(C)C. The van der Waals surface area contributed by atoms with E-state index in [1.165, 1.54) is 28.6 Å². The van der Waals surface area contributed by atoms with Crippen molar-refractivity contribution in [1.29, 1.82) is 0 Å². The average molecular weight is 378 g/mol. The molecule has 2 heterocycles. The first-order valence-electron chi connectivity index (χ1n) is 9.02. The fraction of sp³-hybridized carbons (Fsp3) is 0.238. The van der Waals surface area contributed by atoms with Crippen molar-refractivity contribution < 1.29 is 8.81 Å². The van der Waals surface area contributed by atoms with E-state index in [2.05, 4.69) is 35.3 Å². The van der Waals surface area contributed by atoms with Crippen LogP contribution in [0.5, 0.6) is 0 Å². The molecule has 0 unspecified atom stereocenters. The summed E-state index contributed by atoms with van der Waals surface area (Å²) >= 11 is 0. The highest BCUT2D eigenvalue weighted by Crippen LogP contribution is 2.27. The molecule has 0 aliphatic heterocycles. The van der Waals surface area contributed by atoms with Crippen molar-refractivity contribution in [3.8, 4) is 11.4 Å². The Kier molecular flexibility index (Phi) is 4.50. The van der Waals surface area contributed by atoms with Gasteiger partial charge in [0.05, 0.1) is 6.54 Å². The quantitative estimate of drug-likeness (QED) is 0.501. The van der Waals surface area contributed by atoms with Gasteiger partial charge in [-0.1, -0.05) is 26.0 Å². The van der Waals surface area contributed by atoms with Crippen molar-refractivity contribution in [3.05, 3.63) is 75.4 Å². The molecule has 2 aromatic heterocycles. The second-order valence-corrected chi connectivity index (χ2v) is 7.10. The van der Waals surface area contributed by atoms with Crippen LogP contribution in [0.1, 0.15) is 36.5 Å². The van der Waals surface area contributed by atoms with E-state index in [1.807, 2.05) is 13.0 Å². The lowest BCUT2D eigenvalue weighted by Crippen LogP contribution is -2.09. The maximum atomic E-state index is 13.4. The molecule has 0 amide bonds. The monoisotopic (exact) mass is 378 g/mol. The van der Waals surface area contributed by atoms with Crippen molar-refractivity contribution in [2.24, 2.45) is 0 Å². The molecule has 142 valence electrons. The molecule has 0 atom stereocenters. The topological polar surface area (TPSA) is 73.8 Å². The van der Waals surface area contributed by atoms with E-state index >= 15 is 0 Å². The Bertz CT molecular complexity index is 1230. The largest absolute Gasteiger partial charge is 0.423 e. The summed E-state index contributed by atoms with van der Waals surface area (Å²) in [5.74, 6) is 0.302. The number of aromatic nitrogens is 4. The van der Waals surface area contributed by atoms with Crippen molar-refractivity contribution in [1.82, 2.24) is 20.2 Å². The average Bonchev–Trinajstić information content (AvgIpc) is 3.09. The van der Waals surface area contributed by atoms with Gasteiger partial charge in [-0.2, -0.15) is 4.80 Å². The predicted molar refractivity (Wildman–Crippen MR) is 104 cm³/mol. The lowest BCUT2D eigenvalue weighted by Gasteiger charge is -2.12. The zero-order chi connectivity index (χ0) is 19.8. The van der Waals surface area contributed by atoms with Gasteiger partial charge in [-0.05, 0) is 59.0 Å². The van der Waals surface area contributed by atoms with Crippen molar-refractivity contribution in [3.63, 3.8) is 0 Å². The van der Waals surface area contributed by atoms with Crippen LogP contribution in [0.15, 0.2) is 51.7 Å². The van der Waals surface area contributed by atoms with Crippen LogP contribution in [0.25, 0.3) is 22.4 Å². The van der Waals surface area contributed by atoms with Gasteiger partial charge >= 0.3 is 5.63 Å². The first-order chi connectivity index (χ1) is 13.4. The number of fused-ring (bicyclic) bond motifs is 1. The standard InChI is InChI=1S/C21H19FN4O2/c1-12(2)17-10-18-15(9-20(27)28-19(18)7-13(17)3)11-26-24-21(23-25-26)14-5-4-6-16(22)8-14/h4-10,12H,11H2,1-3H3. The smallest absolute Gasteiger partial charge is 0.336 e. The summed E-state index contributed by atoms with van der Waals surface area (Å²) in [6.07, 6.45) is 0. The lowest BCUT2D eigenvalue weighted by atomic mass is 9.95. The molecule has 0 saturated carbocycles. The fourth-order valence-corrected chi connectivity index (χ4v) is 3.35. The third kappa shape index (κ3) is 3.43. The molecule has 0 aliphatic rings. The number of aryl methyl sites for hydroxylation is 1. The van der Waals surface area contributed by atoms with Crippen molar-refractivity contribution in [2.45, 2.75) is 33.2 Å². The number of rotatable bonds is 4. The molecular formula is C21H19FN4O2. The first-order valence-corrected chi connectivity index (χ1v) is 9.02. The van der Waals surface area contributed by atoms with Gasteiger partial charge in [-0.15, -0.1) is 10.2 Å². The predicted octanol–water partition coefficient (Wildman–Crippen LogP) is 4.07. The van der Waals surface area contributed by atoms with Crippen LogP contribution in [-0.2, 0) is 6.54 Å². The van der Waals surface area contributed by atoms with E-state index in [0.29, 0.717) is 22.9 Å². The van der Waals surface area contributed by atoms with Crippen LogP contribution in [0.2, 0.25) is 0 Å². The van der Waals surface area contributed by atoms with E-state index in [4.69, 9.17) is 4.42 Å². The fourth-order valence-electron chi connectivity index (χ4n) is 3.35. The Hall–Kier alpha value is -3.35. The Morgan fingerprint density at radius 2 is 2.00 bits per heavy atom. The number of hydrogen-bond donors (Lipinski definition) is 0. The molecule has 0 radical (unpaired) electrons. The molecule has 4 aromatic rings. The van der Waals surface area contributed by atoms with Gasteiger partial charge in [0.15, 0.2) is 0 Å². The van der Waals surface area contributed by atoms with Crippen LogP contribution in [0, 0.1) is 12.7 Å². The summed E-state index contributed by atoms with van der Waals surface area (Å²) in [4.78, 5) is 13.4. The number of halogens is 1. The van der Waals surface area contributed by atoms with Gasteiger partial charge in [-0.3, -0.25) is 0 Å². The Balaban J connectivity index is 1.76. The molecule has 0 bridgehead atoms. The minimum absolute atomic E-state index is 0.255. The van der Waals surface area contributed by atoms with Crippen LogP contribution in [0.3, 0.4) is 0 Å². The molecule has 0 aliphatic carbocycles. The normalized spacial score (nSPS) is 11.5. The second-order valence-electron chi connectivity index (χ2n) is 7.10. The maximum Gasteiger partial charge on any atom is 0.336 e.